The van der Waals surface area contributed by atoms with Gasteiger partial charge in [-0.1, -0.05) is 30.7 Å². The van der Waals surface area contributed by atoms with Crippen LogP contribution in [0.2, 0.25) is 5.02 Å². The number of rotatable bonds is 6. The first-order chi connectivity index (χ1) is 16.7. The summed E-state index contributed by atoms with van der Waals surface area (Å²) in [5.74, 6) is 1.09. The number of carbonyl (C=O) groups excluding carboxylic acids is 1. The summed E-state index contributed by atoms with van der Waals surface area (Å²) < 4.78 is 33.8. The van der Waals surface area contributed by atoms with Gasteiger partial charge >= 0.3 is 0 Å². The molecule has 1 atom stereocenters. The molecule has 11 heteroatoms. The van der Waals surface area contributed by atoms with E-state index in [0.29, 0.717) is 50.0 Å². The maximum Gasteiger partial charge on any atom is 0.230 e. The molecule has 3 aliphatic rings. The number of aromatic nitrogens is 2. The lowest BCUT2D eigenvalue weighted by Gasteiger charge is -2.38. The van der Waals surface area contributed by atoms with Gasteiger partial charge in [0.2, 0.25) is 15.9 Å². The van der Waals surface area contributed by atoms with Crippen molar-refractivity contribution >= 4 is 33.7 Å². The molecule has 2 saturated heterocycles. The fourth-order valence-electron chi connectivity index (χ4n) is 4.77. The van der Waals surface area contributed by atoms with Crippen molar-refractivity contribution < 1.29 is 17.9 Å². The van der Waals surface area contributed by atoms with Crippen molar-refractivity contribution in [2.45, 2.75) is 19.9 Å². The predicted octanol–water partition coefficient (Wildman–Crippen LogP) is 2.03. The average Bonchev–Trinajstić information content (AvgIpc) is 3.10. The predicted molar refractivity (Wildman–Crippen MR) is 134 cm³/mol. The Kier molecular flexibility index (Phi) is 6.65. The van der Waals surface area contributed by atoms with E-state index in [1.54, 1.807) is 0 Å². The van der Waals surface area contributed by atoms with Crippen LogP contribution in [-0.2, 0) is 32.5 Å². The Morgan fingerprint density at radius 1 is 1.17 bits per heavy atom. The number of nitrogens with zero attached hydrogens (tertiary/aromatic N) is 4. The van der Waals surface area contributed by atoms with Crippen molar-refractivity contribution in [3.63, 3.8) is 0 Å². The fourth-order valence-corrected chi connectivity index (χ4v) is 5.58. The minimum absolute atomic E-state index is 0.00409. The molecule has 1 aromatic heterocycles. The van der Waals surface area contributed by atoms with Crippen LogP contribution in [-0.4, -0.2) is 79.3 Å². The highest BCUT2D eigenvalue weighted by Gasteiger charge is 2.33. The van der Waals surface area contributed by atoms with E-state index in [1.165, 1.54) is 6.26 Å². The number of sulfonamides is 1. The monoisotopic (exact) mass is 519 g/mol. The molecule has 0 radical (unpaired) electrons. The van der Waals surface area contributed by atoms with E-state index in [0.717, 1.165) is 35.9 Å². The van der Waals surface area contributed by atoms with Crippen LogP contribution in [0.5, 0.6) is 0 Å². The molecule has 0 saturated carbocycles. The van der Waals surface area contributed by atoms with Gasteiger partial charge in [-0.2, -0.15) is 0 Å². The van der Waals surface area contributed by atoms with Crippen LogP contribution < -0.4 is 4.72 Å². The highest BCUT2D eigenvalue weighted by molar-refractivity contribution is 7.88. The zero-order valence-corrected chi connectivity index (χ0v) is 21.5. The number of fused-ring (bicyclic) bond motifs is 1. The van der Waals surface area contributed by atoms with Crippen molar-refractivity contribution in [2.75, 3.05) is 45.6 Å². The normalized spacial score (nSPS) is 21.3. The van der Waals surface area contributed by atoms with Crippen LogP contribution in [0.15, 0.2) is 30.0 Å². The molecule has 1 unspecified atom stereocenters. The van der Waals surface area contributed by atoms with Crippen LogP contribution in [0.4, 0.5) is 0 Å². The molecular formula is C24H30ClN5O4S. The SMILES string of the molecule is CC1Cc2nc(-c3ccc(Cl)cc3)c(CN3CCN(C(=O)C4COC4)CC3)n2C=C1NS(C)(=O)=O. The first-order valence-corrected chi connectivity index (χ1v) is 14.1. The lowest BCUT2D eigenvalue weighted by Crippen LogP contribution is -2.53. The van der Waals surface area contributed by atoms with Gasteiger partial charge in [-0.25, -0.2) is 13.4 Å². The topological polar surface area (TPSA) is 96.8 Å². The second kappa shape index (κ2) is 9.57. The zero-order chi connectivity index (χ0) is 24.7. The minimum atomic E-state index is -3.39. The van der Waals surface area contributed by atoms with Gasteiger partial charge in [0.05, 0.1) is 36.8 Å². The van der Waals surface area contributed by atoms with Crippen molar-refractivity contribution in [1.82, 2.24) is 24.1 Å². The summed E-state index contributed by atoms with van der Waals surface area (Å²) in [5.41, 5.74) is 3.48. The minimum Gasteiger partial charge on any atom is -0.380 e. The van der Waals surface area contributed by atoms with Gasteiger partial charge < -0.3 is 14.2 Å². The summed E-state index contributed by atoms with van der Waals surface area (Å²) in [4.78, 5) is 21.8. The van der Waals surface area contributed by atoms with Gasteiger partial charge in [0.15, 0.2) is 0 Å². The van der Waals surface area contributed by atoms with Crippen molar-refractivity contribution in [3.05, 3.63) is 46.5 Å². The number of ether oxygens (including phenoxy) is 1. The molecule has 35 heavy (non-hydrogen) atoms. The summed E-state index contributed by atoms with van der Waals surface area (Å²) in [6.45, 7) is 6.56. The number of imidazole rings is 1. The summed E-state index contributed by atoms with van der Waals surface area (Å²) in [7, 11) is -3.39. The quantitative estimate of drug-likeness (QED) is 0.627. The third-order valence-corrected chi connectivity index (χ3v) is 7.69. The molecule has 3 aliphatic heterocycles. The van der Waals surface area contributed by atoms with Crippen molar-refractivity contribution in [2.24, 2.45) is 11.8 Å². The fraction of sp³-hybridized carbons (Fsp3) is 0.500. The summed E-state index contributed by atoms with van der Waals surface area (Å²) in [6, 6.07) is 7.62. The zero-order valence-electron chi connectivity index (χ0n) is 19.9. The number of allylic oxidation sites excluding steroid dienone is 1. The van der Waals surface area contributed by atoms with E-state index < -0.39 is 10.0 Å². The summed E-state index contributed by atoms with van der Waals surface area (Å²) >= 11 is 6.12. The lowest BCUT2D eigenvalue weighted by atomic mass is 10.0. The third-order valence-electron chi connectivity index (χ3n) is 6.84. The van der Waals surface area contributed by atoms with Crippen molar-refractivity contribution in [3.8, 4) is 11.3 Å². The molecule has 0 bridgehead atoms. The van der Waals surface area contributed by atoms with Crippen LogP contribution in [0.25, 0.3) is 17.5 Å². The molecule has 188 valence electrons. The Labute approximate surface area is 210 Å². The van der Waals surface area contributed by atoms with Gasteiger partial charge in [0.25, 0.3) is 0 Å². The Morgan fingerprint density at radius 2 is 1.86 bits per heavy atom. The van der Waals surface area contributed by atoms with E-state index >= 15 is 0 Å². The molecule has 0 spiro atoms. The molecular weight excluding hydrogens is 490 g/mol. The summed E-state index contributed by atoms with van der Waals surface area (Å²) in [5, 5.41) is 0.657. The molecule has 2 aromatic rings. The second-order valence-electron chi connectivity index (χ2n) is 9.60. The van der Waals surface area contributed by atoms with E-state index in [1.807, 2.05) is 46.9 Å². The van der Waals surface area contributed by atoms with E-state index in [4.69, 9.17) is 21.3 Å². The maximum atomic E-state index is 12.6. The van der Waals surface area contributed by atoms with E-state index in [-0.39, 0.29) is 17.7 Å². The number of nitrogens with one attached hydrogen (secondary N) is 1. The van der Waals surface area contributed by atoms with Crippen LogP contribution in [0, 0.1) is 11.8 Å². The number of carbonyl (C=O) groups is 1. The van der Waals surface area contributed by atoms with Gasteiger partial charge in [-0.05, 0) is 12.1 Å². The Balaban J connectivity index is 1.43. The molecule has 1 N–H and O–H groups in total. The molecule has 1 amide bonds. The van der Waals surface area contributed by atoms with Gasteiger partial charge in [-0.3, -0.25) is 14.4 Å². The Morgan fingerprint density at radius 3 is 2.46 bits per heavy atom. The largest absolute Gasteiger partial charge is 0.380 e. The van der Waals surface area contributed by atoms with Gasteiger partial charge in [0.1, 0.15) is 5.82 Å². The number of hydrogen-bond donors (Lipinski definition) is 1. The molecule has 9 nitrogen and oxygen atoms in total. The highest BCUT2D eigenvalue weighted by Crippen LogP contribution is 2.32. The number of amides is 1. The third kappa shape index (κ3) is 5.25. The second-order valence-corrected chi connectivity index (χ2v) is 11.8. The van der Waals surface area contributed by atoms with Crippen LogP contribution in [0.1, 0.15) is 18.4 Å². The molecule has 2 fully saturated rings. The molecule has 4 heterocycles. The number of halogens is 1. The molecule has 1 aromatic carbocycles. The average molecular weight is 520 g/mol. The molecule has 5 rings (SSSR count). The lowest BCUT2D eigenvalue weighted by molar-refractivity contribution is -0.151. The smallest absolute Gasteiger partial charge is 0.230 e. The standard InChI is InChI=1S/C24H30ClN5O4S/c1-16-11-22-26-23(17-3-5-19(25)6-4-17)21(30(22)12-20(16)27-35(2,32)33)13-28-7-9-29(10-8-28)24(31)18-14-34-15-18/h3-6,12,16,18,27H,7-11,13-15H2,1-2H3. The summed E-state index contributed by atoms with van der Waals surface area (Å²) in [6.07, 6.45) is 3.66. The van der Waals surface area contributed by atoms with Crippen molar-refractivity contribution in [1.29, 1.82) is 0 Å². The first kappa shape index (κ1) is 24.3. The molecule has 0 aliphatic carbocycles. The van der Waals surface area contributed by atoms with E-state index in [2.05, 4.69) is 9.62 Å². The Hall–Kier alpha value is -2.40. The number of benzene rings is 1. The first-order valence-electron chi connectivity index (χ1n) is 11.8. The van der Waals surface area contributed by atoms with E-state index in [9.17, 15) is 13.2 Å². The Bertz CT molecular complexity index is 1250. The number of piperazine rings is 1. The van der Waals surface area contributed by atoms with Crippen LogP contribution in [0.3, 0.4) is 0 Å². The maximum absolute atomic E-state index is 12.6. The highest BCUT2D eigenvalue weighted by atomic mass is 35.5. The van der Waals surface area contributed by atoms with Gasteiger partial charge in [-0.15, -0.1) is 0 Å². The number of hydrogen-bond acceptors (Lipinski definition) is 6. The van der Waals surface area contributed by atoms with Crippen LogP contribution >= 0.6 is 11.6 Å². The van der Waals surface area contributed by atoms with Gasteiger partial charge in [0, 0.05) is 67.5 Å².